The molecule has 3 aromatic rings. The molecule has 2 N–H and O–H groups in total. The summed E-state index contributed by atoms with van der Waals surface area (Å²) in [5, 5.41) is 13.6. The Morgan fingerprint density at radius 2 is 1.87 bits per heavy atom. The van der Waals surface area contributed by atoms with Crippen LogP contribution in [0.1, 0.15) is 18.2 Å². The number of phenols is 1. The van der Waals surface area contributed by atoms with Crippen molar-refractivity contribution in [3.05, 3.63) is 65.9 Å². The predicted octanol–water partition coefficient (Wildman–Crippen LogP) is 4.07. The first-order valence-electron chi connectivity index (χ1n) is 7.27. The third-order valence-electron chi connectivity index (χ3n) is 3.43. The van der Waals surface area contributed by atoms with Crippen LogP contribution in [0.4, 0.5) is 5.69 Å². The van der Waals surface area contributed by atoms with Crippen molar-refractivity contribution >= 4 is 34.6 Å². The highest BCUT2D eigenvalue weighted by molar-refractivity contribution is 5.92. The molecular formula is C19H16N2O2. The zero-order chi connectivity index (χ0) is 16.2. The maximum absolute atomic E-state index is 11.2. The molecule has 0 atom stereocenters. The van der Waals surface area contributed by atoms with Crippen LogP contribution in [-0.4, -0.2) is 16.0 Å². The molecule has 1 amide bonds. The minimum absolute atomic E-state index is 0.111. The second kappa shape index (κ2) is 6.32. The van der Waals surface area contributed by atoms with Gasteiger partial charge in [-0.25, -0.2) is 4.98 Å². The van der Waals surface area contributed by atoms with E-state index < -0.39 is 0 Å². The van der Waals surface area contributed by atoms with Crippen LogP contribution in [0.15, 0.2) is 54.6 Å². The van der Waals surface area contributed by atoms with E-state index in [1.54, 1.807) is 12.1 Å². The van der Waals surface area contributed by atoms with Crippen LogP contribution in [-0.2, 0) is 4.79 Å². The number of nitrogens with one attached hydrogen (secondary N) is 1. The lowest BCUT2D eigenvalue weighted by Gasteiger charge is -2.06. The fourth-order valence-electron chi connectivity index (χ4n) is 2.36. The van der Waals surface area contributed by atoms with Gasteiger partial charge in [0.1, 0.15) is 11.3 Å². The first kappa shape index (κ1) is 14.8. The quantitative estimate of drug-likeness (QED) is 0.766. The lowest BCUT2D eigenvalue weighted by atomic mass is 10.1. The van der Waals surface area contributed by atoms with Gasteiger partial charge in [-0.05, 0) is 29.8 Å². The second-order valence-electron chi connectivity index (χ2n) is 5.19. The zero-order valence-electron chi connectivity index (χ0n) is 12.7. The Labute approximate surface area is 134 Å². The zero-order valence-corrected chi connectivity index (χ0v) is 12.7. The van der Waals surface area contributed by atoms with Crippen molar-refractivity contribution < 1.29 is 9.90 Å². The van der Waals surface area contributed by atoms with Crippen LogP contribution in [0.2, 0.25) is 0 Å². The number of carbonyl (C=O) groups excluding carboxylic acids is 1. The Morgan fingerprint density at radius 3 is 2.70 bits per heavy atom. The van der Waals surface area contributed by atoms with Gasteiger partial charge in [-0.2, -0.15) is 0 Å². The van der Waals surface area contributed by atoms with E-state index in [2.05, 4.69) is 10.3 Å². The highest BCUT2D eigenvalue weighted by Crippen LogP contribution is 2.23. The van der Waals surface area contributed by atoms with Crippen molar-refractivity contribution in [2.45, 2.75) is 6.92 Å². The van der Waals surface area contributed by atoms with Gasteiger partial charge in [0, 0.05) is 18.0 Å². The Kier molecular flexibility index (Phi) is 4.06. The highest BCUT2D eigenvalue weighted by atomic mass is 16.3. The van der Waals surface area contributed by atoms with Crippen LogP contribution < -0.4 is 5.32 Å². The van der Waals surface area contributed by atoms with E-state index in [1.165, 1.54) is 6.92 Å². The largest absolute Gasteiger partial charge is 0.506 e. The van der Waals surface area contributed by atoms with Gasteiger partial charge in [-0.1, -0.05) is 42.5 Å². The summed E-state index contributed by atoms with van der Waals surface area (Å²) in [5.74, 6) is 0.0519. The maximum atomic E-state index is 11.2. The third kappa shape index (κ3) is 3.37. The number of aromatic nitrogens is 1. The molecule has 0 bridgehead atoms. The summed E-state index contributed by atoms with van der Waals surface area (Å²) < 4.78 is 0. The number of rotatable bonds is 3. The number of anilines is 1. The number of fused-ring (bicyclic) bond motifs is 1. The van der Waals surface area contributed by atoms with Gasteiger partial charge in [-0.15, -0.1) is 0 Å². The first-order valence-corrected chi connectivity index (χ1v) is 7.27. The number of hydrogen-bond donors (Lipinski definition) is 2. The van der Waals surface area contributed by atoms with Gasteiger partial charge >= 0.3 is 0 Å². The Morgan fingerprint density at radius 1 is 1.04 bits per heavy atom. The van der Waals surface area contributed by atoms with Gasteiger partial charge in [-0.3, -0.25) is 4.79 Å². The summed E-state index contributed by atoms with van der Waals surface area (Å²) >= 11 is 0. The molecule has 0 aliphatic carbocycles. The molecule has 0 spiro atoms. The average Bonchev–Trinajstić information content (AvgIpc) is 2.54. The van der Waals surface area contributed by atoms with Crippen LogP contribution in [0.5, 0.6) is 5.75 Å². The number of para-hydroxylation sites is 2. The molecule has 0 aliphatic heterocycles. The molecular weight excluding hydrogens is 288 g/mol. The van der Waals surface area contributed by atoms with Crippen LogP contribution in [0.3, 0.4) is 0 Å². The Hall–Kier alpha value is -3.14. The Balaban J connectivity index is 1.94. The summed E-state index contributed by atoms with van der Waals surface area (Å²) in [6.45, 7) is 1.48. The number of carbonyl (C=O) groups is 1. The van der Waals surface area contributed by atoms with E-state index in [4.69, 9.17) is 0 Å². The number of pyridine rings is 1. The van der Waals surface area contributed by atoms with Crippen LogP contribution >= 0.6 is 0 Å². The van der Waals surface area contributed by atoms with Crippen molar-refractivity contribution in [3.63, 3.8) is 0 Å². The molecule has 0 unspecified atom stereocenters. The molecule has 4 heteroatoms. The van der Waals surface area contributed by atoms with Crippen molar-refractivity contribution in [3.8, 4) is 5.75 Å². The van der Waals surface area contributed by atoms with Gasteiger partial charge in [0.15, 0.2) is 0 Å². The molecule has 0 fully saturated rings. The normalized spacial score (nSPS) is 11.0. The smallest absolute Gasteiger partial charge is 0.221 e. The second-order valence-corrected chi connectivity index (χ2v) is 5.19. The van der Waals surface area contributed by atoms with Crippen molar-refractivity contribution in [1.82, 2.24) is 4.98 Å². The lowest BCUT2D eigenvalue weighted by Crippen LogP contribution is -2.06. The molecule has 1 heterocycles. The van der Waals surface area contributed by atoms with Crippen LogP contribution in [0.25, 0.3) is 23.1 Å². The van der Waals surface area contributed by atoms with E-state index in [1.807, 2.05) is 54.6 Å². The number of phenolic OH excluding ortho intramolecular Hbond substituents is 1. The van der Waals surface area contributed by atoms with E-state index >= 15 is 0 Å². The number of nitrogens with zero attached hydrogens (tertiary/aromatic N) is 1. The van der Waals surface area contributed by atoms with E-state index in [0.717, 1.165) is 22.3 Å². The van der Waals surface area contributed by atoms with E-state index in [-0.39, 0.29) is 11.7 Å². The summed E-state index contributed by atoms with van der Waals surface area (Å²) in [6.07, 6.45) is 3.74. The standard InChI is InChI=1S/C19H16N2O2/c1-13(22)20-17-7-3-2-5-14(17)9-11-16-12-10-15-6-4-8-18(23)19(15)21-16/h2-12,23H,1H3,(H,20,22)/b11-9+. The van der Waals surface area contributed by atoms with Gasteiger partial charge in [0.25, 0.3) is 0 Å². The number of benzene rings is 2. The molecule has 0 aliphatic rings. The SMILES string of the molecule is CC(=O)Nc1ccccc1/C=C/c1ccc2cccc(O)c2n1. The summed E-state index contributed by atoms with van der Waals surface area (Å²) in [7, 11) is 0. The third-order valence-corrected chi connectivity index (χ3v) is 3.43. The summed E-state index contributed by atoms with van der Waals surface area (Å²) in [6, 6.07) is 16.7. The van der Waals surface area contributed by atoms with Crippen molar-refractivity contribution in [2.75, 3.05) is 5.32 Å². The van der Waals surface area contributed by atoms with E-state index in [0.29, 0.717) is 5.52 Å². The minimum atomic E-state index is -0.111. The molecule has 4 nitrogen and oxygen atoms in total. The highest BCUT2D eigenvalue weighted by Gasteiger charge is 2.02. The van der Waals surface area contributed by atoms with Gasteiger partial charge in [0.05, 0.1) is 5.69 Å². The van der Waals surface area contributed by atoms with E-state index in [9.17, 15) is 9.90 Å². The molecule has 114 valence electrons. The fourth-order valence-corrected chi connectivity index (χ4v) is 2.36. The number of amides is 1. The van der Waals surface area contributed by atoms with Gasteiger partial charge < -0.3 is 10.4 Å². The molecule has 0 saturated heterocycles. The topological polar surface area (TPSA) is 62.2 Å². The van der Waals surface area contributed by atoms with Crippen molar-refractivity contribution in [2.24, 2.45) is 0 Å². The lowest BCUT2D eigenvalue weighted by molar-refractivity contribution is -0.114. The molecule has 0 saturated carbocycles. The monoisotopic (exact) mass is 304 g/mol. The summed E-state index contributed by atoms with van der Waals surface area (Å²) in [5.41, 5.74) is 2.95. The molecule has 3 rings (SSSR count). The fraction of sp³-hybridized carbons (Fsp3) is 0.0526. The molecule has 0 radical (unpaired) electrons. The van der Waals surface area contributed by atoms with Crippen LogP contribution in [0, 0.1) is 0 Å². The minimum Gasteiger partial charge on any atom is -0.506 e. The van der Waals surface area contributed by atoms with Gasteiger partial charge in [0.2, 0.25) is 5.91 Å². The molecule has 23 heavy (non-hydrogen) atoms. The van der Waals surface area contributed by atoms with Crippen molar-refractivity contribution in [1.29, 1.82) is 0 Å². The number of aromatic hydroxyl groups is 1. The first-order chi connectivity index (χ1) is 11.1. The average molecular weight is 304 g/mol. The molecule has 2 aromatic carbocycles. The maximum Gasteiger partial charge on any atom is 0.221 e. The number of hydrogen-bond acceptors (Lipinski definition) is 3. The summed E-state index contributed by atoms with van der Waals surface area (Å²) in [4.78, 5) is 15.7. The molecule has 1 aromatic heterocycles. The predicted molar refractivity (Wildman–Crippen MR) is 93.1 cm³/mol. The Bertz CT molecular complexity index is 901.